The summed E-state index contributed by atoms with van der Waals surface area (Å²) in [6.45, 7) is 3.65. The summed E-state index contributed by atoms with van der Waals surface area (Å²) in [5, 5.41) is 9.03. The summed E-state index contributed by atoms with van der Waals surface area (Å²) in [5.74, 6) is 0. The van der Waals surface area contributed by atoms with Crippen LogP contribution in [0.25, 0.3) is 6.08 Å². The molecule has 0 aromatic heterocycles. The SMILES string of the molecule is C=C/C=C/c1cc(Br)ccc1CO. The third-order valence-corrected chi connectivity index (χ3v) is 2.18. The van der Waals surface area contributed by atoms with Crippen molar-refractivity contribution in [3.05, 3.63) is 52.5 Å². The molecule has 0 bridgehead atoms. The Balaban J connectivity index is 3.07. The second-order valence-corrected chi connectivity index (χ2v) is 3.51. The van der Waals surface area contributed by atoms with E-state index in [0.29, 0.717) is 0 Å². The smallest absolute Gasteiger partial charge is 0.0687 e. The van der Waals surface area contributed by atoms with E-state index < -0.39 is 0 Å². The van der Waals surface area contributed by atoms with E-state index in [4.69, 9.17) is 5.11 Å². The van der Waals surface area contributed by atoms with Crippen molar-refractivity contribution < 1.29 is 5.11 Å². The molecule has 0 aliphatic rings. The predicted molar refractivity (Wildman–Crippen MR) is 59.3 cm³/mol. The normalized spacial score (nSPS) is 10.6. The summed E-state index contributed by atoms with van der Waals surface area (Å²) >= 11 is 3.38. The van der Waals surface area contributed by atoms with Crippen molar-refractivity contribution in [1.29, 1.82) is 0 Å². The van der Waals surface area contributed by atoms with Gasteiger partial charge in [-0.3, -0.25) is 0 Å². The van der Waals surface area contributed by atoms with Gasteiger partial charge in [0.25, 0.3) is 0 Å². The van der Waals surface area contributed by atoms with Crippen LogP contribution >= 0.6 is 15.9 Å². The summed E-state index contributed by atoms with van der Waals surface area (Å²) in [6, 6.07) is 5.77. The maximum Gasteiger partial charge on any atom is 0.0687 e. The van der Waals surface area contributed by atoms with Gasteiger partial charge in [-0.2, -0.15) is 0 Å². The Kier molecular flexibility index (Phi) is 3.93. The Morgan fingerprint density at radius 2 is 2.23 bits per heavy atom. The van der Waals surface area contributed by atoms with E-state index in [1.54, 1.807) is 6.08 Å². The van der Waals surface area contributed by atoms with Gasteiger partial charge in [-0.05, 0) is 23.3 Å². The highest BCUT2D eigenvalue weighted by Gasteiger charge is 1.97. The summed E-state index contributed by atoms with van der Waals surface area (Å²) in [6.07, 6.45) is 5.48. The zero-order valence-electron chi connectivity index (χ0n) is 7.20. The first-order chi connectivity index (χ1) is 6.27. The first kappa shape index (κ1) is 10.2. The number of aliphatic hydroxyl groups excluding tert-OH is 1. The van der Waals surface area contributed by atoms with Crippen molar-refractivity contribution in [1.82, 2.24) is 0 Å². The maximum absolute atomic E-state index is 9.03. The van der Waals surface area contributed by atoms with Crippen LogP contribution in [-0.2, 0) is 6.61 Å². The molecule has 0 saturated carbocycles. The fourth-order valence-corrected chi connectivity index (χ4v) is 1.42. The molecular weight excluding hydrogens is 228 g/mol. The maximum atomic E-state index is 9.03. The molecule has 1 N–H and O–H groups in total. The van der Waals surface area contributed by atoms with Gasteiger partial charge in [-0.15, -0.1) is 0 Å². The summed E-state index contributed by atoms with van der Waals surface area (Å²) < 4.78 is 1.01. The van der Waals surface area contributed by atoms with Gasteiger partial charge in [-0.1, -0.05) is 46.8 Å². The molecular formula is C11H11BrO. The molecule has 0 amide bonds. The molecule has 0 spiro atoms. The fourth-order valence-electron chi connectivity index (χ4n) is 1.04. The van der Waals surface area contributed by atoms with Crippen molar-refractivity contribution in [2.75, 3.05) is 0 Å². The molecule has 0 aliphatic carbocycles. The molecule has 1 nitrogen and oxygen atoms in total. The van der Waals surface area contributed by atoms with Gasteiger partial charge < -0.3 is 5.11 Å². The molecule has 1 aromatic rings. The average molecular weight is 239 g/mol. The van der Waals surface area contributed by atoms with Crippen LogP contribution in [0.2, 0.25) is 0 Å². The van der Waals surface area contributed by atoms with Crippen LogP contribution in [0.1, 0.15) is 11.1 Å². The lowest BCUT2D eigenvalue weighted by atomic mass is 10.1. The third kappa shape index (κ3) is 2.83. The molecule has 1 rings (SSSR count). The van der Waals surface area contributed by atoms with Crippen LogP contribution < -0.4 is 0 Å². The number of rotatable bonds is 3. The Hall–Kier alpha value is -0.860. The monoisotopic (exact) mass is 238 g/mol. The average Bonchev–Trinajstić information content (AvgIpc) is 2.15. The zero-order valence-corrected chi connectivity index (χ0v) is 8.79. The van der Waals surface area contributed by atoms with Gasteiger partial charge in [0, 0.05) is 4.47 Å². The van der Waals surface area contributed by atoms with E-state index in [1.807, 2.05) is 30.4 Å². The Bertz CT molecular complexity index is 329. The van der Waals surface area contributed by atoms with Crippen LogP contribution in [0.15, 0.2) is 41.4 Å². The van der Waals surface area contributed by atoms with Gasteiger partial charge >= 0.3 is 0 Å². The number of halogens is 1. The largest absolute Gasteiger partial charge is 0.392 e. The number of allylic oxidation sites excluding steroid dienone is 2. The molecule has 1 aromatic carbocycles. The molecule has 0 atom stereocenters. The molecule has 0 aliphatic heterocycles. The molecule has 0 fully saturated rings. The second-order valence-electron chi connectivity index (χ2n) is 2.60. The minimum Gasteiger partial charge on any atom is -0.392 e. The van der Waals surface area contributed by atoms with Crippen LogP contribution in [0, 0.1) is 0 Å². The van der Waals surface area contributed by atoms with Gasteiger partial charge in [0.2, 0.25) is 0 Å². The first-order valence-electron chi connectivity index (χ1n) is 3.96. The molecule has 0 radical (unpaired) electrons. The van der Waals surface area contributed by atoms with Crippen LogP contribution in [0.3, 0.4) is 0 Å². The van der Waals surface area contributed by atoms with Gasteiger partial charge in [0.15, 0.2) is 0 Å². The highest BCUT2D eigenvalue weighted by Crippen LogP contribution is 2.18. The highest BCUT2D eigenvalue weighted by molar-refractivity contribution is 9.10. The quantitative estimate of drug-likeness (QED) is 0.803. The summed E-state index contributed by atoms with van der Waals surface area (Å²) in [7, 11) is 0. The van der Waals surface area contributed by atoms with E-state index in [2.05, 4.69) is 22.5 Å². The number of hydrogen-bond acceptors (Lipinski definition) is 1. The van der Waals surface area contributed by atoms with E-state index in [1.165, 1.54) is 0 Å². The molecule has 2 heteroatoms. The minimum atomic E-state index is 0.0596. The van der Waals surface area contributed by atoms with Crippen molar-refractivity contribution in [3.63, 3.8) is 0 Å². The Morgan fingerprint density at radius 3 is 2.85 bits per heavy atom. The zero-order chi connectivity index (χ0) is 9.68. The van der Waals surface area contributed by atoms with Gasteiger partial charge in [-0.25, -0.2) is 0 Å². The van der Waals surface area contributed by atoms with Crippen molar-refractivity contribution >= 4 is 22.0 Å². The minimum absolute atomic E-state index is 0.0596. The highest BCUT2D eigenvalue weighted by atomic mass is 79.9. The van der Waals surface area contributed by atoms with Gasteiger partial charge in [0.05, 0.1) is 6.61 Å². The summed E-state index contributed by atoms with van der Waals surface area (Å²) in [4.78, 5) is 0. The lowest BCUT2D eigenvalue weighted by molar-refractivity contribution is 0.281. The van der Waals surface area contributed by atoms with Crippen LogP contribution in [0.5, 0.6) is 0 Å². The lowest BCUT2D eigenvalue weighted by Crippen LogP contribution is -1.87. The Morgan fingerprint density at radius 1 is 1.46 bits per heavy atom. The molecule has 68 valence electrons. The summed E-state index contributed by atoms with van der Waals surface area (Å²) in [5.41, 5.74) is 1.93. The third-order valence-electron chi connectivity index (χ3n) is 1.69. The standard InChI is InChI=1S/C11H11BrO/c1-2-3-4-9-7-11(12)6-5-10(9)8-13/h2-7,13H,1,8H2/b4-3+. The number of hydrogen-bond donors (Lipinski definition) is 1. The molecule has 13 heavy (non-hydrogen) atoms. The Labute approximate surface area is 86.5 Å². The van der Waals surface area contributed by atoms with Crippen molar-refractivity contribution in [2.45, 2.75) is 6.61 Å². The van der Waals surface area contributed by atoms with Crippen molar-refractivity contribution in [3.8, 4) is 0 Å². The number of aliphatic hydroxyl groups is 1. The lowest BCUT2D eigenvalue weighted by Gasteiger charge is -2.02. The van der Waals surface area contributed by atoms with E-state index in [-0.39, 0.29) is 6.61 Å². The second kappa shape index (κ2) is 5.00. The van der Waals surface area contributed by atoms with Crippen LogP contribution in [0.4, 0.5) is 0 Å². The van der Waals surface area contributed by atoms with Crippen LogP contribution in [-0.4, -0.2) is 5.11 Å². The topological polar surface area (TPSA) is 20.2 Å². The predicted octanol–water partition coefficient (Wildman–Crippen LogP) is 3.14. The molecule has 0 unspecified atom stereocenters. The first-order valence-corrected chi connectivity index (χ1v) is 4.75. The van der Waals surface area contributed by atoms with E-state index in [0.717, 1.165) is 15.6 Å². The van der Waals surface area contributed by atoms with E-state index in [9.17, 15) is 0 Å². The molecule has 0 heterocycles. The number of benzene rings is 1. The fraction of sp³-hybridized carbons (Fsp3) is 0.0909. The van der Waals surface area contributed by atoms with Gasteiger partial charge in [0.1, 0.15) is 0 Å². The van der Waals surface area contributed by atoms with E-state index >= 15 is 0 Å². The van der Waals surface area contributed by atoms with Crippen molar-refractivity contribution in [2.24, 2.45) is 0 Å². The molecule has 0 saturated heterocycles.